The van der Waals surface area contributed by atoms with Gasteiger partial charge in [-0.15, -0.1) is 0 Å². The predicted molar refractivity (Wildman–Crippen MR) is 85.4 cm³/mol. The summed E-state index contributed by atoms with van der Waals surface area (Å²) < 4.78 is 11.6. The van der Waals surface area contributed by atoms with E-state index in [2.05, 4.69) is 17.4 Å². The monoisotopic (exact) mass is 283 g/mol. The molecule has 110 valence electrons. The second kappa shape index (κ2) is 6.53. The summed E-state index contributed by atoms with van der Waals surface area (Å²) >= 11 is 0. The molecule has 1 aliphatic heterocycles. The van der Waals surface area contributed by atoms with Gasteiger partial charge in [0.05, 0.1) is 5.69 Å². The molecular formula is C18H21NO2. The Hall–Kier alpha value is -2.16. The van der Waals surface area contributed by atoms with E-state index in [1.54, 1.807) is 0 Å². The van der Waals surface area contributed by atoms with E-state index in [9.17, 15) is 0 Å². The molecule has 1 heterocycles. The standard InChI is InChI=1S/C18H21NO2/c1-14-6-2-3-9-16(14)20-12-13-21-17-10-4-7-15-8-5-11-19-18(15)17/h2-4,6-7,9-10,19H,5,8,11-13H2,1H3. The molecule has 0 bridgehead atoms. The van der Waals surface area contributed by atoms with Crippen molar-refractivity contribution in [2.45, 2.75) is 19.8 Å². The minimum Gasteiger partial charge on any atom is -0.490 e. The van der Waals surface area contributed by atoms with E-state index in [0.717, 1.165) is 35.7 Å². The molecule has 0 aliphatic carbocycles. The second-order valence-corrected chi connectivity index (χ2v) is 5.28. The summed E-state index contributed by atoms with van der Waals surface area (Å²) in [5.41, 5.74) is 3.65. The van der Waals surface area contributed by atoms with Gasteiger partial charge < -0.3 is 14.8 Å². The number of hydrogen-bond acceptors (Lipinski definition) is 3. The van der Waals surface area contributed by atoms with Crippen LogP contribution in [0.25, 0.3) is 0 Å². The highest BCUT2D eigenvalue weighted by Crippen LogP contribution is 2.31. The van der Waals surface area contributed by atoms with Crippen LogP contribution in [0.3, 0.4) is 0 Å². The average molecular weight is 283 g/mol. The van der Waals surface area contributed by atoms with Crippen molar-refractivity contribution in [3.05, 3.63) is 53.6 Å². The molecule has 0 atom stereocenters. The summed E-state index contributed by atoms with van der Waals surface area (Å²) in [5.74, 6) is 1.86. The normalized spacial score (nSPS) is 13.2. The van der Waals surface area contributed by atoms with Crippen molar-refractivity contribution in [1.29, 1.82) is 0 Å². The molecule has 0 aromatic heterocycles. The van der Waals surface area contributed by atoms with Crippen LogP contribution in [-0.2, 0) is 6.42 Å². The lowest BCUT2D eigenvalue weighted by atomic mass is 10.0. The third-order valence-corrected chi connectivity index (χ3v) is 3.73. The SMILES string of the molecule is Cc1ccccc1OCCOc1cccc2c1NCCC2. The van der Waals surface area contributed by atoms with E-state index in [1.165, 1.54) is 12.0 Å². The largest absolute Gasteiger partial charge is 0.490 e. The van der Waals surface area contributed by atoms with Gasteiger partial charge in [0.15, 0.2) is 0 Å². The first-order valence-electron chi connectivity index (χ1n) is 7.51. The van der Waals surface area contributed by atoms with Gasteiger partial charge in [-0.2, -0.15) is 0 Å². The first kappa shape index (κ1) is 13.8. The highest BCUT2D eigenvalue weighted by molar-refractivity contribution is 5.63. The van der Waals surface area contributed by atoms with Crippen LogP contribution in [0.4, 0.5) is 5.69 Å². The first-order valence-corrected chi connectivity index (χ1v) is 7.51. The van der Waals surface area contributed by atoms with Gasteiger partial charge in [0.2, 0.25) is 0 Å². The number of benzene rings is 2. The number of rotatable bonds is 5. The Labute approximate surface area is 125 Å². The Bertz CT molecular complexity index is 610. The summed E-state index contributed by atoms with van der Waals surface area (Å²) in [6.45, 7) is 4.17. The molecule has 2 aromatic rings. The van der Waals surface area contributed by atoms with E-state index in [4.69, 9.17) is 9.47 Å². The molecule has 3 rings (SSSR count). The number of ether oxygens (including phenoxy) is 2. The maximum absolute atomic E-state index is 5.88. The number of fused-ring (bicyclic) bond motifs is 1. The van der Waals surface area contributed by atoms with Crippen molar-refractivity contribution in [1.82, 2.24) is 0 Å². The Morgan fingerprint density at radius 2 is 1.71 bits per heavy atom. The van der Waals surface area contributed by atoms with E-state index >= 15 is 0 Å². The highest BCUT2D eigenvalue weighted by Gasteiger charge is 2.12. The van der Waals surface area contributed by atoms with Crippen LogP contribution in [0.1, 0.15) is 17.5 Å². The van der Waals surface area contributed by atoms with Crippen LogP contribution in [-0.4, -0.2) is 19.8 Å². The fourth-order valence-corrected chi connectivity index (χ4v) is 2.62. The molecule has 0 fully saturated rings. The lowest BCUT2D eigenvalue weighted by Gasteiger charge is -2.21. The van der Waals surface area contributed by atoms with Crippen LogP contribution >= 0.6 is 0 Å². The second-order valence-electron chi connectivity index (χ2n) is 5.28. The number of aryl methyl sites for hydroxylation is 2. The van der Waals surface area contributed by atoms with Gasteiger partial charge in [0, 0.05) is 6.54 Å². The predicted octanol–water partition coefficient (Wildman–Crippen LogP) is 3.81. The summed E-state index contributed by atoms with van der Waals surface area (Å²) in [6.07, 6.45) is 2.31. The maximum atomic E-state index is 5.88. The Morgan fingerprint density at radius 3 is 2.57 bits per heavy atom. The third kappa shape index (κ3) is 3.30. The van der Waals surface area contributed by atoms with Gasteiger partial charge in [-0.1, -0.05) is 30.3 Å². The molecule has 2 aromatic carbocycles. The van der Waals surface area contributed by atoms with Crippen LogP contribution in [0.5, 0.6) is 11.5 Å². The van der Waals surface area contributed by atoms with Gasteiger partial charge in [0.25, 0.3) is 0 Å². The minimum absolute atomic E-state index is 0.548. The smallest absolute Gasteiger partial charge is 0.142 e. The molecule has 3 nitrogen and oxygen atoms in total. The molecule has 0 unspecified atom stereocenters. The fraction of sp³-hybridized carbons (Fsp3) is 0.333. The lowest BCUT2D eigenvalue weighted by Crippen LogP contribution is -2.15. The van der Waals surface area contributed by atoms with E-state index in [1.807, 2.05) is 37.3 Å². The van der Waals surface area contributed by atoms with Gasteiger partial charge in [-0.25, -0.2) is 0 Å². The molecule has 0 saturated carbocycles. The van der Waals surface area contributed by atoms with Crippen LogP contribution in [0, 0.1) is 6.92 Å². The molecule has 3 heteroatoms. The Kier molecular flexibility index (Phi) is 4.29. The molecule has 1 aliphatic rings. The Morgan fingerprint density at radius 1 is 0.952 bits per heavy atom. The van der Waals surface area contributed by atoms with Gasteiger partial charge in [-0.05, 0) is 43.0 Å². The number of hydrogen-bond donors (Lipinski definition) is 1. The number of nitrogens with one attached hydrogen (secondary N) is 1. The van der Waals surface area contributed by atoms with Gasteiger partial charge in [0.1, 0.15) is 24.7 Å². The maximum Gasteiger partial charge on any atom is 0.142 e. The molecule has 21 heavy (non-hydrogen) atoms. The van der Waals surface area contributed by atoms with E-state index < -0.39 is 0 Å². The van der Waals surface area contributed by atoms with Crippen molar-refractivity contribution in [2.75, 3.05) is 25.1 Å². The average Bonchev–Trinajstić information content (AvgIpc) is 2.53. The van der Waals surface area contributed by atoms with Crippen LogP contribution < -0.4 is 14.8 Å². The number of para-hydroxylation sites is 2. The van der Waals surface area contributed by atoms with E-state index in [0.29, 0.717) is 13.2 Å². The van der Waals surface area contributed by atoms with Crippen molar-refractivity contribution in [2.24, 2.45) is 0 Å². The fourth-order valence-electron chi connectivity index (χ4n) is 2.62. The summed E-state index contributed by atoms with van der Waals surface area (Å²) in [6, 6.07) is 14.3. The van der Waals surface area contributed by atoms with Crippen LogP contribution in [0.2, 0.25) is 0 Å². The first-order chi connectivity index (χ1) is 10.3. The molecule has 0 amide bonds. The minimum atomic E-state index is 0.548. The zero-order valence-electron chi connectivity index (χ0n) is 12.4. The van der Waals surface area contributed by atoms with Crippen molar-refractivity contribution in [3.8, 4) is 11.5 Å². The Balaban J connectivity index is 1.55. The van der Waals surface area contributed by atoms with Crippen molar-refractivity contribution >= 4 is 5.69 Å². The topological polar surface area (TPSA) is 30.5 Å². The molecule has 0 saturated heterocycles. The summed E-state index contributed by atoms with van der Waals surface area (Å²) in [5, 5.41) is 3.43. The van der Waals surface area contributed by atoms with Gasteiger partial charge >= 0.3 is 0 Å². The summed E-state index contributed by atoms with van der Waals surface area (Å²) in [7, 11) is 0. The third-order valence-electron chi connectivity index (χ3n) is 3.73. The lowest BCUT2D eigenvalue weighted by molar-refractivity contribution is 0.217. The highest BCUT2D eigenvalue weighted by atomic mass is 16.5. The van der Waals surface area contributed by atoms with E-state index in [-0.39, 0.29) is 0 Å². The summed E-state index contributed by atoms with van der Waals surface area (Å²) in [4.78, 5) is 0. The zero-order chi connectivity index (χ0) is 14.5. The van der Waals surface area contributed by atoms with Gasteiger partial charge in [-0.3, -0.25) is 0 Å². The van der Waals surface area contributed by atoms with Crippen molar-refractivity contribution in [3.63, 3.8) is 0 Å². The van der Waals surface area contributed by atoms with Crippen molar-refractivity contribution < 1.29 is 9.47 Å². The number of anilines is 1. The quantitative estimate of drug-likeness (QED) is 0.846. The molecule has 0 radical (unpaired) electrons. The molecule has 0 spiro atoms. The molecule has 1 N–H and O–H groups in total. The van der Waals surface area contributed by atoms with Crippen LogP contribution in [0.15, 0.2) is 42.5 Å². The zero-order valence-corrected chi connectivity index (χ0v) is 12.4. The molecular weight excluding hydrogens is 262 g/mol.